The molecule has 12 heavy (non-hydrogen) atoms. The van der Waals surface area contributed by atoms with Gasteiger partial charge in [0.2, 0.25) is 0 Å². The Balaban J connectivity index is 0.00000121. The van der Waals surface area contributed by atoms with E-state index in [4.69, 9.17) is 0 Å². The van der Waals surface area contributed by atoms with Crippen molar-refractivity contribution in [1.82, 2.24) is 5.32 Å². The molecule has 74 valence electrons. The van der Waals surface area contributed by atoms with Gasteiger partial charge in [0.1, 0.15) is 0 Å². The standard InChI is InChI=1S/C8H15F2N.ClH/c1-7(2,3)6-8(9,10)4-5-11-6;/h6,11H,4-5H2,1-3H3;1H. The summed E-state index contributed by atoms with van der Waals surface area (Å²) in [5.41, 5.74) is -0.347. The molecular weight excluding hydrogens is 184 g/mol. The van der Waals surface area contributed by atoms with Crippen LogP contribution >= 0.6 is 12.4 Å². The Morgan fingerprint density at radius 2 is 1.83 bits per heavy atom. The number of hydrogen-bond acceptors (Lipinski definition) is 1. The smallest absolute Gasteiger partial charge is 0.264 e. The number of hydrogen-bond donors (Lipinski definition) is 1. The van der Waals surface area contributed by atoms with Crippen molar-refractivity contribution in [3.8, 4) is 0 Å². The summed E-state index contributed by atoms with van der Waals surface area (Å²) in [5, 5.41) is 2.84. The lowest BCUT2D eigenvalue weighted by atomic mass is 9.84. The molecule has 1 saturated heterocycles. The minimum Gasteiger partial charge on any atom is -0.308 e. The Morgan fingerprint density at radius 3 is 2.00 bits per heavy atom. The lowest BCUT2D eigenvalue weighted by Crippen LogP contribution is -2.45. The maximum atomic E-state index is 13.0. The fourth-order valence-corrected chi connectivity index (χ4v) is 1.62. The molecule has 0 radical (unpaired) electrons. The van der Waals surface area contributed by atoms with Crippen LogP contribution in [0.3, 0.4) is 0 Å². The largest absolute Gasteiger partial charge is 0.308 e. The van der Waals surface area contributed by atoms with Crippen LogP contribution in [-0.2, 0) is 0 Å². The number of alkyl halides is 2. The van der Waals surface area contributed by atoms with Gasteiger partial charge in [0.25, 0.3) is 5.92 Å². The molecule has 1 N–H and O–H groups in total. The average molecular weight is 200 g/mol. The van der Waals surface area contributed by atoms with Gasteiger partial charge in [-0.05, 0) is 5.41 Å². The van der Waals surface area contributed by atoms with Gasteiger partial charge in [-0.1, -0.05) is 20.8 Å². The highest BCUT2D eigenvalue weighted by Gasteiger charge is 2.49. The number of nitrogens with one attached hydrogen (secondary N) is 1. The van der Waals surface area contributed by atoms with E-state index >= 15 is 0 Å². The molecule has 0 bridgehead atoms. The monoisotopic (exact) mass is 199 g/mol. The molecule has 1 fully saturated rings. The molecule has 4 heteroatoms. The molecule has 1 aliphatic heterocycles. The van der Waals surface area contributed by atoms with Gasteiger partial charge in [0.15, 0.2) is 0 Å². The van der Waals surface area contributed by atoms with E-state index in [1.807, 2.05) is 20.8 Å². The Labute approximate surface area is 78.3 Å². The molecule has 1 aliphatic rings. The van der Waals surface area contributed by atoms with Crippen LogP contribution in [0.25, 0.3) is 0 Å². The van der Waals surface area contributed by atoms with Crippen LogP contribution in [0.5, 0.6) is 0 Å². The topological polar surface area (TPSA) is 12.0 Å². The van der Waals surface area contributed by atoms with E-state index in [9.17, 15) is 8.78 Å². The minimum absolute atomic E-state index is 0. The van der Waals surface area contributed by atoms with Gasteiger partial charge in [0.05, 0.1) is 6.04 Å². The maximum absolute atomic E-state index is 13.0. The Bertz CT molecular complexity index is 154. The molecule has 0 amide bonds. The quantitative estimate of drug-likeness (QED) is 0.632. The van der Waals surface area contributed by atoms with Crippen molar-refractivity contribution in [1.29, 1.82) is 0 Å². The second-order valence-electron chi connectivity index (χ2n) is 4.26. The minimum atomic E-state index is -2.52. The summed E-state index contributed by atoms with van der Waals surface area (Å²) in [4.78, 5) is 0. The summed E-state index contributed by atoms with van der Waals surface area (Å²) >= 11 is 0. The van der Waals surface area contributed by atoms with Crippen molar-refractivity contribution >= 4 is 12.4 Å². The maximum Gasteiger partial charge on any atom is 0.264 e. The van der Waals surface area contributed by atoms with Crippen LogP contribution in [0.4, 0.5) is 8.78 Å². The van der Waals surface area contributed by atoms with Crippen LogP contribution in [0.15, 0.2) is 0 Å². The predicted molar refractivity (Wildman–Crippen MR) is 48.1 cm³/mol. The molecule has 1 rings (SSSR count). The van der Waals surface area contributed by atoms with Gasteiger partial charge < -0.3 is 5.32 Å². The third-order valence-corrected chi connectivity index (χ3v) is 2.10. The normalized spacial score (nSPS) is 28.2. The second-order valence-corrected chi connectivity index (χ2v) is 4.26. The molecule has 1 heterocycles. The first-order valence-corrected chi connectivity index (χ1v) is 3.95. The Hall–Kier alpha value is 0.110. The van der Waals surface area contributed by atoms with Crippen molar-refractivity contribution in [3.05, 3.63) is 0 Å². The van der Waals surface area contributed by atoms with Crippen LogP contribution in [0.2, 0.25) is 0 Å². The van der Waals surface area contributed by atoms with Gasteiger partial charge in [-0.15, -0.1) is 12.4 Å². The van der Waals surface area contributed by atoms with Crippen LogP contribution in [0.1, 0.15) is 27.2 Å². The summed E-state index contributed by atoms with van der Waals surface area (Å²) in [5.74, 6) is -2.52. The van der Waals surface area contributed by atoms with Crippen molar-refractivity contribution < 1.29 is 8.78 Å². The van der Waals surface area contributed by atoms with Crippen LogP contribution in [-0.4, -0.2) is 18.5 Å². The third-order valence-electron chi connectivity index (χ3n) is 2.10. The lowest BCUT2D eigenvalue weighted by Gasteiger charge is -2.31. The number of halogens is 3. The van der Waals surface area contributed by atoms with E-state index in [0.29, 0.717) is 6.54 Å². The molecule has 0 aliphatic carbocycles. The Kier molecular flexibility index (Phi) is 3.49. The average Bonchev–Trinajstić information content (AvgIpc) is 2.06. The highest BCUT2D eigenvalue weighted by Crippen LogP contribution is 2.37. The summed E-state index contributed by atoms with van der Waals surface area (Å²) in [6.07, 6.45) is -0.0189. The van der Waals surface area contributed by atoms with E-state index in [1.165, 1.54) is 0 Å². The van der Waals surface area contributed by atoms with E-state index < -0.39 is 12.0 Å². The van der Waals surface area contributed by atoms with Crippen molar-refractivity contribution in [2.45, 2.75) is 39.2 Å². The van der Waals surface area contributed by atoms with Crippen LogP contribution < -0.4 is 5.32 Å². The first kappa shape index (κ1) is 12.1. The van der Waals surface area contributed by atoms with Gasteiger partial charge in [-0.2, -0.15) is 0 Å². The molecular formula is C8H16ClF2N. The molecule has 0 aromatic rings. The zero-order chi connectivity index (χ0) is 8.70. The van der Waals surface area contributed by atoms with E-state index in [2.05, 4.69) is 5.32 Å². The summed E-state index contributed by atoms with van der Waals surface area (Å²) < 4.78 is 26.1. The molecule has 1 unspecified atom stereocenters. The van der Waals surface area contributed by atoms with E-state index in [-0.39, 0.29) is 24.2 Å². The van der Waals surface area contributed by atoms with Gasteiger partial charge >= 0.3 is 0 Å². The molecule has 1 nitrogen and oxygen atoms in total. The zero-order valence-electron chi connectivity index (χ0n) is 7.66. The predicted octanol–water partition coefficient (Wildman–Crippen LogP) is 2.45. The highest BCUT2D eigenvalue weighted by atomic mass is 35.5. The first-order chi connectivity index (χ1) is 4.84. The van der Waals surface area contributed by atoms with Gasteiger partial charge in [-0.3, -0.25) is 0 Å². The molecule has 0 aromatic heterocycles. The highest BCUT2D eigenvalue weighted by molar-refractivity contribution is 5.85. The van der Waals surface area contributed by atoms with Crippen LogP contribution in [0, 0.1) is 5.41 Å². The SMILES string of the molecule is CC(C)(C)C1NCCC1(F)F.Cl. The lowest BCUT2D eigenvalue weighted by molar-refractivity contribution is -0.0431. The zero-order valence-corrected chi connectivity index (χ0v) is 8.47. The van der Waals surface area contributed by atoms with Gasteiger partial charge in [-0.25, -0.2) is 8.78 Å². The van der Waals surface area contributed by atoms with Gasteiger partial charge in [0, 0.05) is 13.0 Å². The molecule has 0 aromatic carbocycles. The fraction of sp³-hybridized carbons (Fsp3) is 1.00. The van der Waals surface area contributed by atoms with Crippen molar-refractivity contribution in [2.75, 3.05) is 6.54 Å². The summed E-state index contributed by atoms with van der Waals surface area (Å²) in [6.45, 7) is 5.95. The van der Waals surface area contributed by atoms with Crippen molar-refractivity contribution in [3.63, 3.8) is 0 Å². The van der Waals surface area contributed by atoms with E-state index in [0.717, 1.165) is 0 Å². The van der Waals surface area contributed by atoms with E-state index in [1.54, 1.807) is 0 Å². The summed E-state index contributed by atoms with van der Waals surface area (Å²) in [6, 6.07) is -0.657. The molecule has 0 saturated carbocycles. The third kappa shape index (κ3) is 2.30. The Morgan fingerprint density at radius 1 is 1.33 bits per heavy atom. The second kappa shape index (κ2) is 3.46. The molecule has 1 atom stereocenters. The fourth-order valence-electron chi connectivity index (χ4n) is 1.62. The first-order valence-electron chi connectivity index (χ1n) is 3.95. The summed E-state index contributed by atoms with van der Waals surface area (Å²) in [7, 11) is 0. The molecule has 0 spiro atoms. The number of rotatable bonds is 0. The van der Waals surface area contributed by atoms with Crippen molar-refractivity contribution in [2.24, 2.45) is 5.41 Å².